The minimum absolute atomic E-state index is 0.0649. The van der Waals surface area contributed by atoms with Crippen molar-refractivity contribution in [2.24, 2.45) is 0 Å². The van der Waals surface area contributed by atoms with Crippen LogP contribution >= 0.6 is 0 Å². The largest absolute Gasteiger partial charge is 0.322 e. The molecule has 22 heavy (non-hydrogen) atoms. The number of anilines is 1. The number of benzene rings is 3. The van der Waals surface area contributed by atoms with E-state index in [2.05, 4.69) is 35.6 Å². The van der Waals surface area contributed by atoms with Crippen LogP contribution < -0.4 is 5.32 Å². The minimum Gasteiger partial charge on any atom is -0.322 e. The zero-order valence-corrected chi connectivity index (χ0v) is 12.0. The van der Waals surface area contributed by atoms with Crippen molar-refractivity contribution in [3.05, 3.63) is 89.5 Å². The topological polar surface area (TPSA) is 29.1 Å². The number of carbonyl (C=O) groups excluding carboxylic acids is 1. The molecule has 0 radical (unpaired) electrons. The summed E-state index contributed by atoms with van der Waals surface area (Å²) in [6, 6.07) is 23.8. The van der Waals surface area contributed by atoms with Crippen molar-refractivity contribution < 1.29 is 4.79 Å². The summed E-state index contributed by atoms with van der Waals surface area (Å²) in [5, 5.41) is 3.05. The average molecular weight is 285 g/mol. The van der Waals surface area contributed by atoms with Crippen LogP contribution in [0.3, 0.4) is 0 Å². The summed E-state index contributed by atoms with van der Waals surface area (Å²) < 4.78 is 0. The SMILES string of the molecule is O=C(Nc1cccc2c1Cc1ccccc1-2)c1ccccc1. The molecule has 3 aromatic rings. The van der Waals surface area contributed by atoms with Crippen LogP contribution in [0.15, 0.2) is 72.8 Å². The standard InChI is InChI=1S/C20H15NO/c22-20(14-7-2-1-3-8-14)21-19-12-6-11-17-16-10-5-4-9-15(16)13-18(17)19/h1-12H,13H2,(H,21,22). The number of carbonyl (C=O) groups is 1. The van der Waals surface area contributed by atoms with Crippen LogP contribution in [-0.4, -0.2) is 5.91 Å². The van der Waals surface area contributed by atoms with E-state index in [4.69, 9.17) is 0 Å². The van der Waals surface area contributed by atoms with Gasteiger partial charge in [-0.2, -0.15) is 0 Å². The Balaban J connectivity index is 1.70. The molecule has 0 saturated carbocycles. The molecule has 2 nitrogen and oxygen atoms in total. The Hall–Kier alpha value is -2.87. The van der Waals surface area contributed by atoms with Crippen LogP contribution in [0.1, 0.15) is 21.5 Å². The molecule has 3 aromatic carbocycles. The van der Waals surface area contributed by atoms with Crippen LogP contribution in [0.4, 0.5) is 5.69 Å². The van der Waals surface area contributed by atoms with Gasteiger partial charge in [0.05, 0.1) is 0 Å². The van der Waals surface area contributed by atoms with Crippen molar-refractivity contribution in [1.29, 1.82) is 0 Å². The van der Waals surface area contributed by atoms with Gasteiger partial charge in [-0.15, -0.1) is 0 Å². The van der Waals surface area contributed by atoms with E-state index >= 15 is 0 Å². The molecule has 4 rings (SSSR count). The normalized spacial score (nSPS) is 11.6. The molecule has 0 unspecified atom stereocenters. The Morgan fingerprint density at radius 2 is 1.50 bits per heavy atom. The Bertz CT molecular complexity index is 853. The maximum atomic E-state index is 12.4. The number of hydrogen-bond acceptors (Lipinski definition) is 1. The third-order valence-electron chi connectivity index (χ3n) is 4.13. The van der Waals surface area contributed by atoms with E-state index in [9.17, 15) is 4.79 Å². The first-order valence-electron chi connectivity index (χ1n) is 7.39. The number of rotatable bonds is 2. The maximum absolute atomic E-state index is 12.4. The first-order valence-corrected chi connectivity index (χ1v) is 7.39. The Morgan fingerprint density at radius 1 is 0.773 bits per heavy atom. The summed E-state index contributed by atoms with van der Waals surface area (Å²) in [6.45, 7) is 0. The van der Waals surface area contributed by atoms with Crippen LogP contribution in [0.25, 0.3) is 11.1 Å². The number of amides is 1. The summed E-state index contributed by atoms with van der Waals surface area (Å²) in [5.41, 5.74) is 6.60. The number of hydrogen-bond donors (Lipinski definition) is 1. The average Bonchev–Trinajstić information content (AvgIpc) is 2.95. The van der Waals surface area contributed by atoms with Gasteiger partial charge in [0.25, 0.3) is 5.91 Å². The smallest absolute Gasteiger partial charge is 0.255 e. The summed E-state index contributed by atoms with van der Waals surface area (Å²) in [6.07, 6.45) is 0.872. The second-order valence-corrected chi connectivity index (χ2v) is 5.49. The highest BCUT2D eigenvalue weighted by Gasteiger charge is 2.21. The number of nitrogens with one attached hydrogen (secondary N) is 1. The van der Waals surface area contributed by atoms with Crippen LogP contribution in [0.5, 0.6) is 0 Å². The molecule has 0 atom stereocenters. The molecule has 1 amide bonds. The van der Waals surface area contributed by atoms with Crippen LogP contribution in [0.2, 0.25) is 0 Å². The summed E-state index contributed by atoms with van der Waals surface area (Å²) >= 11 is 0. The summed E-state index contributed by atoms with van der Waals surface area (Å²) in [4.78, 5) is 12.4. The van der Waals surface area contributed by atoms with E-state index < -0.39 is 0 Å². The molecule has 0 aliphatic heterocycles. The molecular weight excluding hydrogens is 270 g/mol. The van der Waals surface area contributed by atoms with E-state index in [1.165, 1.54) is 22.3 Å². The lowest BCUT2D eigenvalue weighted by Gasteiger charge is -2.10. The molecule has 1 aliphatic rings. The molecule has 0 fully saturated rings. The van der Waals surface area contributed by atoms with Gasteiger partial charge >= 0.3 is 0 Å². The molecule has 1 aliphatic carbocycles. The molecule has 1 N–H and O–H groups in total. The zero-order valence-electron chi connectivity index (χ0n) is 12.0. The van der Waals surface area contributed by atoms with Crippen molar-refractivity contribution in [1.82, 2.24) is 0 Å². The van der Waals surface area contributed by atoms with Gasteiger partial charge in [-0.3, -0.25) is 4.79 Å². The lowest BCUT2D eigenvalue weighted by Crippen LogP contribution is -2.13. The van der Waals surface area contributed by atoms with Gasteiger partial charge in [0.2, 0.25) is 0 Å². The van der Waals surface area contributed by atoms with E-state index in [0.717, 1.165) is 12.1 Å². The molecule has 0 spiro atoms. The molecule has 0 heterocycles. The van der Waals surface area contributed by atoms with E-state index in [1.54, 1.807) is 0 Å². The van der Waals surface area contributed by atoms with E-state index in [1.807, 2.05) is 42.5 Å². The highest BCUT2D eigenvalue weighted by molar-refractivity contribution is 6.05. The minimum atomic E-state index is -0.0649. The molecule has 0 bridgehead atoms. The van der Waals surface area contributed by atoms with Crippen LogP contribution in [-0.2, 0) is 6.42 Å². The fourth-order valence-electron chi connectivity index (χ4n) is 3.06. The van der Waals surface area contributed by atoms with Gasteiger partial charge in [0.15, 0.2) is 0 Å². The lowest BCUT2D eigenvalue weighted by atomic mass is 10.0. The highest BCUT2D eigenvalue weighted by Crippen LogP contribution is 2.40. The Labute approximate surface area is 129 Å². The van der Waals surface area contributed by atoms with Crippen molar-refractivity contribution in [3.8, 4) is 11.1 Å². The lowest BCUT2D eigenvalue weighted by molar-refractivity contribution is 0.102. The van der Waals surface area contributed by atoms with E-state index in [0.29, 0.717) is 5.56 Å². The van der Waals surface area contributed by atoms with Crippen molar-refractivity contribution >= 4 is 11.6 Å². The predicted octanol–water partition coefficient (Wildman–Crippen LogP) is 4.51. The predicted molar refractivity (Wildman–Crippen MR) is 89.1 cm³/mol. The third kappa shape index (κ3) is 2.09. The molecule has 106 valence electrons. The van der Waals surface area contributed by atoms with Crippen LogP contribution in [0, 0.1) is 0 Å². The van der Waals surface area contributed by atoms with Gasteiger partial charge < -0.3 is 5.32 Å². The highest BCUT2D eigenvalue weighted by atomic mass is 16.1. The molecule has 2 heteroatoms. The van der Waals surface area contributed by atoms with Gasteiger partial charge in [0, 0.05) is 17.7 Å². The van der Waals surface area contributed by atoms with Crippen molar-refractivity contribution in [2.75, 3.05) is 5.32 Å². The molecule has 0 saturated heterocycles. The first kappa shape index (κ1) is 12.8. The zero-order chi connectivity index (χ0) is 14.9. The second-order valence-electron chi connectivity index (χ2n) is 5.49. The summed E-state index contributed by atoms with van der Waals surface area (Å²) in [5.74, 6) is -0.0649. The van der Waals surface area contributed by atoms with Crippen molar-refractivity contribution in [3.63, 3.8) is 0 Å². The van der Waals surface area contributed by atoms with Gasteiger partial charge in [-0.1, -0.05) is 54.6 Å². The fourth-order valence-corrected chi connectivity index (χ4v) is 3.06. The Kier molecular flexibility index (Phi) is 3.01. The maximum Gasteiger partial charge on any atom is 0.255 e. The Morgan fingerprint density at radius 3 is 2.36 bits per heavy atom. The quantitative estimate of drug-likeness (QED) is 0.577. The van der Waals surface area contributed by atoms with Crippen molar-refractivity contribution in [2.45, 2.75) is 6.42 Å². The van der Waals surface area contributed by atoms with E-state index in [-0.39, 0.29) is 5.91 Å². The second kappa shape index (κ2) is 5.15. The van der Waals surface area contributed by atoms with Gasteiger partial charge in [0.1, 0.15) is 0 Å². The summed E-state index contributed by atoms with van der Waals surface area (Å²) in [7, 11) is 0. The first-order chi connectivity index (χ1) is 10.8. The monoisotopic (exact) mass is 285 g/mol. The van der Waals surface area contributed by atoms with Gasteiger partial charge in [-0.05, 0) is 40.5 Å². The fraction of sp³-hybridized carbons (Fsp3) is 0.0500. The molecule has 0 aromatic heterocycles. The molecular formula is C20H15NO. The third-order valence-corrected chi connectivity index (χ3v) is 4.13. The van der Waals surface area contributed by atoms with Gasteiger partial charge in [-0.25, -0.2) is 0 Å². The number of fused-ring (bicyclic) bond motifs is 3.